The third kappa shape index (κ3) is 3.34. The summed E-state index contributed by atoms with van der Waals surface area (Å²) < 4.78 is 14.7. The minimum atomic E-state index is -0.167. The largest absolute Gasteiger partial charge is 0.353 e. The number of hydrogen-bond acceptors (Lipinski definition) is 5. The SMILES string of the molecule is Fc1c(Br)cccc1CN1CCN(c2ncnc3cnccc23)CC1. The molecule has 25 heavy (non-hydrogen) atoms. The summed E-state index contributed by atoms with van der Waals surface area (Å²) in [5.74, 6) is 0.778. The van der Waals surface area contributed by atoms with E-state index in [9.17, 15) is 4.39 Å². The van der Waals surface area contributed by atoms with Crippen LogP contribution in [0.5, 0.6) is 0 Å². The number of nitrogens with zero attached hydrogens (tertiary/aromatic N) is 5. The van der Waals surface area contributed by atoms with Crippen molar-refractivity contribution in [2.45, 2.75) is 6.54 Å². The summed E-state index contributed by atoms with van der Waals surface area (Å²) in [7, 11) is 0. The van der Waals surface area contributed by atoms with Gasteiger partial charge in [0.2, 0.25) is 0 Å². The number of anilines is 1. The molecule has 0 amide bonds. The third-order valence-electron chi connectivity index (χ3n) is 4.52. The molecule has 1 fully saturated rings. The summed E-state index contributed by atoms with van der Waals surface area (Å²) in [5, 5.41) is 1.02. The van der Waals surface area contributed by atoms with Gasteiger partial charge in [-0.05, 0) is 28.1 Å². The molecule has 7 heteroatoms. The van der Waals surface area contributed by atoms with E-state index >= 15 is 0 Å². The number of piperazine rings is 1. The highest BCUT2D eigenvalue weighted by atomic mass is 79.9. The second-order valence-corrected chi connectivity index (χ2v) is 6.92. The summed E-state index contributed by atoms with van der Waals surface area (Å²) in [6.07, 6.45) is 5.11. The summed E-state index contributed by atoms with van der Waals surface area (Å²) in [6.45, 7) is 4.05. The first-order valence-corrected chi connectivity index (χ1v) is 8.96. The van der Waals surface area contributed by atoms with E-state index in [-0.39, 0.29) is 5.82 Å². The Bertz CT molecular complexity index is 890. The molecule has 3 heterocycles. The van der Waals surface area contributed by atoms with Crippen molar-refractivity contribution in [2.24, 2.45) is 0 Å². The normalized spacial score (nSPS) is 15.7. The van der Waals surface area contributed by atoms with Crippen molar-refractivity contribution in [1.82, 2.24) is 19.9 Å². The molecule has 0 radical (unpaired) electrons. The Kier molecular flexibility index (Phi) is 4.59. The van der Waals surface area contributed by atoms with Gasteiger partial charge in [0.05, 0.1) is 16.2 Å². The van der Waals surface area contributed by atoms with Crippen LogP contribution in [0.25, 0.3) is 10.9 Å². The van der Waals surface area contributed by atoms with Gasteiger partial charge in [-0.2, -0.15) is 0 Å². The van der Waals surface area contributed by atoms with Crippen molar-refractivity contribution in [1.29, 1.82) is 0 Å². The van der Waals surface area contributed by atoms with Crippen LogP contribution in [0.15, 0.2) is 47.5 Å². The molecule has 0 atom stereocenters. The molecule has 4 rings (SSSR count). The lowest BCUT2D eigenvalue weighted by Gasteiger charge is -2.35. The molecular formula is C18H17BrFN5. The van der Waals surface area contributed by atoms with E-state index in [0.29, 0.717) is 11.0 Å². The zero-order valence-corrected chi connectivity index (χ0v) is 15.2. The number of hydrogen-bond donors (Lipinski definition) is 0. The molecule has 3 aromatic rings. The number of aromatic nitrogens is 3. The van der Waals surface area contributed by atoms with Gasteiger partial charge in [0.25, 0.3) is 0 Å². The Hall–Kier alpha value is -2.12. The minimum absolute atomic E-state index is 0.167. The van der Waals surface area contributed by atoms with E-state index in [1.807, 2.05) is 18.2 Å². The van der Waals surface area contributed by atoms with E-state index in [1.165, 1.54) is 0 Å². The number of rotatable bonds is 3. The quantitative estimate of drug-likeness (QED) is 0.673. The van der Waals surface area contributed by atoms with Crippen LogP contribution >= 0.6 is 15.9 Å². The molecule has 0 N–H and O–H groups in total. The maximum Gasteiger partial charge on any atom is 0.141 e. The van der Waals surface area contributed by atoms with Crippen LogP contribution in [-0.4, -0.2) is 46.0 Å². The average Bonchev–Trinajstić information content (AvgIpc) is 2.66. The van der Waals surface area contributed by atoms with Gasteiger partial charge < -0.3 is 4.90 Å². The first-order valence-electron chi connectivity index (χ1n) is 8.17. The van der Waals surface area contributed by atoms with Crippen LogP contribution in [-0.2, 0) is 6.54 Å². The number of fused-ring (bicyclic) bond motifs is 1. The highest BCUT2D eigenvalue weighted by molar-refractivity contribution is 9.10. The second-order valence-electron chi connectivity index (χ2n) is 6.07. The van der Waals surface area contributed by atoms with Crippen molar-refractivity contribution in [3.05, 3.63) is 58.8 Å². The van der Waals surface area contributed by atoms with Crippen LogP contribution in [0, 0.1) is 5.82 Å². The average molecular weight is 402 g/mol. The molecule has 0 saturated carbocycles. The molecule has 2 aromatic heterocycles. The molecule has 1 saturated heterocycles. The van der Waals surface area contributed by atoms with Crippen LogP contribution < -0.4 is 4.90 Å². The molecule has 1 aliphatic rings. The summed E-state index contributed by atoms with van der Waals surface area (Å²) in [5.41, 5.74) is 1.58. The predicted octanol–water partition coefficient (Wildman–Crippen LogP) is 3.25. The Balaban J connectivity index is 1.47. The summed E-state index contributed by atoms with van der Waals surface area (Å²) in [4.78, 5) is 17.4. The second kappa shape index (κ2) is 7.01. The van der Waals surface area contributed by atoms with E-state index < -0.39 is 0 Å². The molecule has 1 aromatic carbocycles. The minimum Gasteiger partial charge on any atom is -0.353 e. The molecule has 1 aliphatic heterocycles. The van der Waals surface area contributed by atoms with Gasteiger partial charge in [0.1, 0.15) is 18.0 Å². The maximum atomic E-state index is 14.2. The highest BCUT2D eigenvalue weighted by Crippen LogP contribution is 2.24. The lowest BCUT2D eigenvalue weighted by Crippen LogP contribution is -2.46. The molecule has 5 nitrogen and oxygen atoms in total. The molecule has 0 aliphatic carbocycles. The van der Waals surface area contributed by atoms with Crippen LogP contribution in [0.3, 0.4) is 0 Å². The monoisotopic (exact) mass is 401 g/mol. The Labute approximate surface area is 153 Å². The zero-order valence-electron chi connectivity index (χ0n) is 13.6. The van der Waals surface area contributed by atoms with Gasteiger partial charge in [0, 0.05) is 49.9 Å². The zero-order chi connectivity index (χ0) is 17.2. The van der Waals surface area contributed by atoms with Gasteiger partial charge in [-0.3, -0.25) is 9.88 Å². The fraction of sp³-hybridized carbons (Fsp3) is 0.278. The predicted molar refractivity (Wildman–Crippen MR) is 98.9 cm³/mol. The van der Waals surface area contributed by atoms with Crippen molar-refractivity contribution in [2.75, 3.05) is 31.1 Å². The van der Waals surface area contributed by atoms with Crippen molar-refractivity contribution < 1.29 is 4.39 Å². The van der Waals surface area contributed by atoms with E-state index in [4.69, 9.17) is 0 Å². The van der Waals surface area contributed by atoms with Gasteiger partial charge in [-0.1, -0.05) is 12.1 Å². The van der Waals surface area contributed by atoms with Crippen molar-refractivity contribution in [3.8, 4) is 0 Å². The molecule has 0 spiro atoms. The third-order valence-corrected chi connectivity index (χ3v) is 5.13. The van der Waals surface area contributed by atoms with E-state index in [2.05, 4.69) is 40.7 Å². The van der Waals surface area contributed by atoms with Gasteiger partial charge in [-0.25, -0.2) is 14.4 Å². The van der Waals surface area contributed by atoms with E-state index in [1.54, 1.807) is 24.8 Å². The van der Waals surface area contributed by atoms with E-state index in [0.717, 1.165) is 48.5 Å². The number of halogens is 2. The molecule has 0 unspecified atom stereocenters. The smallest absolute Gasteiger partial charge is 0.141 e. The van der Waals surface area contributed by atoms with Gasteiger partial charge in [-0.15, -0.1) is 0 Å². The Morgan fingerprint density at radius 3 is 2.76 bits per heavy atom. The first-order chi connectivity index (χ1) is 12.2. The summed E-state index contributed by atoms with van der Waals surface area (Å²) >= 11 is 3.25. The summed E-state index contributed by atoms with van der Waals surface area (Å²) in [6, 6.07) is 7.40. The van der Waals surface area contributed by atoms with Gasteiger partial charge >= 0.3 is 0 Å². The highest BCUT2D eigenvalue weighted by Gasteiger charge is 2.21. The van der Waals surface area contributed by atoms with Crippen LogP contribution in [0.4, 0.5) is 10.2 Å². The molecule has 0 bridgehead atoms. The lowest BCUT2D eigenvalue weighted by atomic mass is 10.2. The van der Waals surface area contributed by atoms with Crippen molar-refractivity contribution >= 4 is 32.7 Å². The number of pyridine rings is 1. The van der Waals surface area contributed by atoms with Crippen LogP contribution in [0.1, 0.15) is 5.56 Å². The van der Waals surface area contributed by atoms with Crippen LogP contribution in [0.2, 0.25) is 0 Å². The van der Waals surface area contributed by atoms with Crippen molar-refractivity contribution in [3.63, 3.8) is 0 Å². The topological polar surface area (TPSA) is 45.2 Å². The molecule has 128 valence electrons. The lowest BCUT2D eigenvalue weighted by molar-refractivity contribution is 0.246. The number of benzene rings is 1. The molecular weight excluding hydrogens is 385 g/mol. The Morgan fingerprint density at radius 2 is 1.92 bits per heavy atom. The fourth-order valence-electron chi connectivity index (χ4n) is 3.17. The van der Waals surface area contributed by atoms with Gasteiger partial charge in [0.15, 0.2) is 0 Å². The first kappa shape index (κ1) is 16.4. The standard InChI is InChI=1S/C18H17BrFN5/c19-15-3-1-2-13(17(15)20)11-24-6-8-25(9-7-24)18-14-4-5-21-10-16(14)22-12-23-18/h1-5,10,12H,6-9,11H2. The fourth-order valence-corrected chi connectivity index (χ4v) is 3.58. The Morgan fingerprint density at radius 1 is 1.08 bits per heavy atom. The maximum absolute atomic E-state index is 14.2.